The number of nitrogens with zero attached hydrogens (tertiary/aromatic N) is 2. The van der Waals surface area contributed by atoms with Crippen LogP contribution in [0.3, 0.4) is 0 Å². The molecule has 0 saturated heterocycles. The van der Waals surface area contributed by atoms with Gasteiger partial charge in [0.2, 0.25) is 11.8 Å². The minimum absolute atomic E-state index is 0.242. The fourth-order valence-corrected chi connectivity index (χ4v) is 3.66. The quantitative estimate of drug-likeness (QED) is 0.231. The first-order valence-electron chi connectivity index (χ1n) is 12.9. The van der Waals surface area contributed by atoms with Crippen LogP contribution in [0.25, 0.3) is 0 Å². The molecule has 216 valence electrons. The predicted octanol–water partition coefficient (Wildman–Crippen LogP) is 5.52. The summed E-state index contributed by atoms with van der Waals surface area (Å²) in [7, 11) is 3.30. The van der Waals surface area contributed by atoms with E-state index in [0.717, 1.165) is 34.0 Å². The average molecular weight is 553 g/mol. The first-order valence-corrected chi connectivity index (χ1v) is 12.9. The predicted molar refractivity (Wildman–Crippen MR) is 153 cm³/mol. The maximum Gasteiger partial charge on any atom is 0.222 e. The van der Waals surface area contributed by atoms with Crippen molar-refractivity contribution in [3.63, 3.8) is 0 Å². The molecule has 0 aliphatic rings. The van der Waals surface area contributed by atoms with Gasteiger partial charge in [-0.05, 0) is 35.4 Å². The van der Waals surface area contributed by atoms with Crippen molar-refractivity contribution in [2.75, 3.05) is 38.9 Å². The number of aromatic nitrogens is 2. The third kappa shape index (κ3) is 9.03. The number of ether oxygens (including phenoxy) is 4. The molecule has 0 unspecified atom stereocenters. The second-order valence-electron chi connectivity index (χ2n) is 10.7. The molecule has 4 aromatic rings. The summed E-state index contributed by atoms with van der Waals surface area (Å²) in [5.41, 5.74) is 14.4. The smallest absolute Gasteiger partial charge is 0.222 e. The number of hydrogen-bond donors (Lipinski definition) is 2. The number of methoxy groups -OCH3 is 2. The first kappa shape index (κ1) is 30.5. The zero-order valence-electron chi connectivity index (χ0n) is 24.1. The summed E-state index contributed by atoms with van der Waals surface area (Å²) in [6.07, 6.45) is 0. The highest BCUT2D eigenvalue weighted by Gasteiger charge is 2.26. The van der Waals surface area contributed by atoms with Crippen molar-refractivity contribution in [3.05, 3.63) is 83.2 Å². The summed E-state index contributed by atoms with van der Waals surface area (Å²) in [4.78, 5) is 0. The van der Waals surface area contributed by atoms with E-state index in [1.807, 2.05) is 76.2 Å². The van der Waals surface area contributed by atoms with Gasteiger partial charge in [0.05, 0.1) is 52.0 Å². The first-order chi connectivity index (χ1) is 19.0. The molecule has 0 radical (unpaired) electrons. The largest absolute Gasteiger partial charge is 0.497 e. The zero-order valence-corrected chi connectivity index (χ0v) is 24.1. The molecule has 4 N–H and O–H groups in total. The Hall–Kier alpha value is -4.02. The number of benzene rings is 2. The second-order valence-corrected chi connectivity index (χ2v) is 10.7. The van der Waals surface area contributed by atoms with E-state index in [4.69, 9.17) is 39.5 Å². The van der Waals surface area contributed by atoms with Crippen LogP contribution in [0.15, 0.2) is 69.7 Å². The van der Waals surface area contributed by atoms with Crippen LogP contribution in [0.1, 0.15) is 50.2 Å². The molecule has 0 aliphatic heterocycles. The number of hydrogen-bond acceptors (Lipinski definition) is 10. The van der Waals surface area contributed by atoms with Crippen molar-refractivity contribution in [3.8, 4) is 11.5 Å². The van der Waals surface area contributed by atoms with Crippen molar-refractivity contribution in [2.24, 2.45) is 0 Å². The molecule has 0 amide bonds. The summed E-state index contributed by atoms with van der Waals surface area (Å²) in [6, 6.07) is 19.1. The van der Waals surface area contributed by atoms with E-state index in [9.17, 15) is 0 Å². The van der Waals surface area contributed by atoms with Crippen LogP contribution < -0.4 is 20.9 Å². The molecule has 40 heavy (non-hydrogen) atoms. The number of anilines is 2. The SMILES string of the molecule is COc1ccc(COCC(C)(C)c2cc(N)on2)cc1.COc1ccc(COCC(C)(C)c2cc(N)on2)cc1. The molecule has 0 aliphatic carbocycles. The fourth-order valence-electron chi connectivity index (χ4n) is 3.66. The van der Waals surface area contributed by atoms with E-state index >= 15 is 0 Å². The Bertz CT molecular complexity index is 1190. The van der Waals surface area contributed by atoms with Crippen LogP contribution >= 0.6 is 0 Å². The van der Waals surface area contributed by atoms with Gasteiger partial charge in [0.15, 0.2) is 0 Å². The van der Waals surface area contributed by atoms with Gasteiger partial charge in [-0.2, -0.15) is 0 Å². The second kappa shape index (κ2) is 13.9. The lowest BCUT2D eigenvalue weighted by atomic mass is 9.90. The van der Waals surface area contributed by atoms with Crippen LogP contribution in [0.2, 0.25) is 0 Å². The number of nitrogen functional groups attached to an aromatic ring is 2. The fraction of sp³-hybridized carbons (Fsp3) is 0.400. The third-order valence-corrected chi connectivity index (χ3v) is 6.22. The lowest BCUT2D eigenvalue weighted by molar-refractivity contribution is 0.0799. The van der Waals surface area contributed by atoms with Gasteiger partial charge in [-0.3, -0.25) is 0 Å². The van der Waals surface area contributed by atoms with E-state index in [1.165, 1.54) is 0 Å². The molecule has 0 atom stereocenters. The van der Waals surface area contributed by atoms with Crippen molar-refractivity contribution in [1.29, 1.82) is 0 Å². The van der Waals surface area contributed by atoms with Crippen LogP contribution in [0, 0.1) is 0 Å². The van der Waals surface area contributed by atoms with Crippen LogP contribution in [0.4, 0.5) is 11.8 Å². The summed E-state index contributed by atoms with van der Waals surface area (Å²) in [6.45, 7) is 10.3. The molecule has 2 aromatic carbocycles. The van der Waals surface area contributed by atoms with Gasteiger partial charge in [-0.1, -0.05) is 62.3 Å². The number of nitrogens with two attached hydrogens (primary N) is 2. The van der Waals surface area contributed by atoms with Crippen molar-refractivity contribution >= 4 is 11.8 Å². The summed E-state index contributed by atoms with van der Waals surface area (Å²) >= 11 is 0. The van der Waals surface area contributed by atoms with Gasteiger partial charge < -0.3 is 39.5 Å². The van der Waals surface area contributed by atoms with Crippen molar-refractivity contribution in [2.45, 2.75) is 51.7 Å². The van der Waals surface area contributed by atoms with Gasteiger partial charge >= 0.3 is 0 Å². The zero-order chi connectivity index (χ0) is 29.2. The van der Waals surface area contributed by atoms with Gasteiger partial charge in [0.1, 0.15) is 11.5 Å². The van der Waals surface area contributed by atoms with Gasteiger partial charge in [-0.15, -0.1) is 0 Å². The van der Waals surface area contributed by atoms with Crippen molar-refractivity contribution < 1.29 is 28.0 Å². The minimum Gasteiger partial charge on any atom is -0.497 e. The Labute approximate surface area is 235 Å². The summed E-state index contributed by atoms with van der Waals surface area (Å²) in [5.74, 6) is 2.32. The molecule has 4 rings (SSSR count). The molecule has 0 fully saturated rings. The van der Waals surface area contributed by atoms with Crippen LogP contribution in [-0.2, 0) is 33.5 Å². The maximum atomic E-state index is 5.76. The van der Waals surface area contributed by atoms with E-state index < -0.39 is 0 Å². The van der Waals surface area contributed by atoms with Crippen molar-refractivity contribution in [1.82, 2.24) is 10.3 Å². The summed E-state index contributed by atoms with van der Waals surface area (Å²) < 4.78 is 31.5. The maximum absolute atomic E-state index is 5.76. The Morgan fingerprint density at radius 3 is 1.25 bits per heavy atom. The lowest BCUT2D eigenvalue weighted by Gasteiger charge is -2.21. The van der Waals surface area contributed by atoms with Gasteiger partial charge in [-0.25, -0.2) is 0 Å². The highest BCUT2D eigenvalue weighted by Crippen LogP contribution is 2.25. The molecule has 10 nitrogen and oxygen atoms in total. The van der Waals surface area contributed by atoms with E-state index in [-0.39, 0.29) is 10.8 Å². The van der Waals surface area contributed by atoms with Crippen LogP contribution in [0.5, 0.6) is 11.5 Å². The monoisotopic (exact) mass is 552 g/mol. The van der Waals surface area contributed by atoms with E-state index in [1.54, 1.807) is 26.4 Å². The molecule has 2 aromatic heterocycles. The molecule has 10 heteroatoms. The normalized spacial score (nSPS) is 11.6. The molecule has 0 bridgehead atoms. The summed E-state index contributed by atoms with van der Waals surface area (Å²) in [5, 5.41) is 7.88. The average Bonchev–Trinajstić information content (AvgIpc) is 3.59. The molecular weight excluding hydrogens is 512 g/mol. The van der Waals surface area contributed by atoms with E-state index in [0.29, 0.717) is 38.2 Å². The Morgan fingerprint density at radius 1 is 0.625 bits per heavy atom. The van der Waals surface area contributed by atoms with Crippen LogP contribution in [-0.4, -0.2) is 37.7 Å². The topological polar surface area (TPSA) is 141 Å². The highest BCUT2D eigenvalue weighted by atomic mass is 16.5. The Balaban J connectivity index is 0.000000220. The molecule has 0 saturated carbocycles. The number of rotatable bonds is 12. The lowest BCUT2D eigenvalue weighted by Crippen LogP contribution is -2.24. The minimum atomic E-state index is -0.242. The molecule has 0 spiro atoms. The Kier molecular flexibility index (Phi) is 10.6. The third-order valence-electron chi connectivity index (χ3n) is 6.22. The molecule has 2 heterocycles. The Morgan fingerprint density at radius 2 is 0.975 bits per heavy atom. The highest BCUT2D eigenvalue weighted by molar-refractivity contribution is 5.30. The van der Waals surface area contributed by atoms with Gasteiger partial charge in [0.25, 0.3) is 0 Å². The standard InChI is InChI=1S/2C15H20N2O3/c2*1-15(2,13-8-14(16)20-17-13)10-19-9-11-4-6-12(18-3)7-5-11/h2*4-8H,9-10,16H2,1-3H3. The molecular formula is C30H40N4O6. The van der Waals surface area contributed by atoms with Gasteiger partial charge in [0, 0.05) is 23.0 Å². The van der Waals surface area contributed by atoms with E-state index in [2.05, 4.69) is 10.3 Å².